The number of fused-ring (bicyclic) bond motifs is 1. The smallest absolute Gasteiger partial charge is 0.416 e. The van der Waals surface area contributed by atoms with Gasteiger partial charge in [-0.1, -0.05) is 89.9 Å². The molecule has 0 saturated carbocycles. The van der Waals surface area contributed by atoms with E-state index in [0.717, 1.165) is 56.4 Å². The highest BCUT2D eigenvalue weighted by atomic mass is 35.5. The normalized spacial score (nSPS) is 10.8. The number of carbonyl (C=O) groups is 4. The van der Waals surface area contributed by atoms with E-state index in [9.17, 15) is 47.6 Å². The first kappa shape index (κ1) is 56.7. The summed E-state index contributed by atoms with van der Waals surface area (Å²) in [5.41, 5.74) is 1.90. The van der Waals surface area contributed by atoms with Crippen LogP contribution in [0.15, 0.2) is 138 Å². The van der Waals surface area contributed by atoms with Crippen molar-refractivity contribution in [3.05, 3.63) is 197 Å². The van der Waals surface area contributed by atoms with Gasteiger partial charge in [-0.3, -0.25) is 14.9 Å². The Morgan fingerprint density at radius 1 is 0.750 bits per heavy atom. The molecule has 0 aliphatic heterocycles. The zero-order chi connectivity index (χ0) is 53.1. The van der Waals surface area contributed by atoms with Gasteiger partial charge in [0.15, 0.2) is 10.6 Å². The summed E-state index contributed by atoms with van der Waals surface area (Å²) in [4.78, 5) is 52.8. The molecule has 0 aliphatic rings. The van der Waals surface area contributed by atoms with Gasteiger partial charge in [0.05, 0.1) is 29.8 Å². The van der Waals surface area contributed by atoms with Gasteiger partial charge in [0.25, 0.3) is 0 Å². The Balaban J connectivity index is 0.000000213. The van der Waals surface area contributed by atoms with Gasteiger partial charge >= 0.3 is 35.7 Å². The van der Waals surface area contributed by atoms with Gasteiger partial charge in [-0.25, -0.2) is 14.4 Å². The first-order valence-electron chi connectivity index (χ1n) is 21.1. The Hall–Kier alpha value is -7.93. The average Bonchev–Trinajstić information content (AvgIpc) is 3.82. The largest absolute Gasteiger partial charge is 0.496 e. The zero-order valence-electron chi connectivity index (χ0n) is 38.3. The Morgan fingerprint density at radius 2 is 1.38 bits per heavy atom. The highest BCUT2D eigenvalue weighted by Crippen LogP contribution is 2.39. The number of halogens is 5. The highest BCUT2D eigenvalue weighted by molar-refractivity contribution is 7.12. The molecule has 0 radical (unpaired) electrons. The molecule has 6 aromatic carbocycles. The van der Waals surface area contributed by atoms with Crippen LogP contribution in [0, 0.1) is 10.1 Å². The summed E-state index contributed by atoms with van der Waals surface area (Å²) >= 11 is 12.5. The Kier molecular flexibility index (Phi) is 21.2. The predicted molar refractivity (Wildman–Crippen MR) is 267 cm³/mol. The molecular weight excluding hydrogens is 1010 g/mol. The standard InChI is InChI=1S/C19H16O3.C12H6F3NO5S.C11H14O3.C10H8Cl2O2/c1-22-18-11-10-14(15-7-4-5-9-17(15)18)12-13-6-2-3-8-16(13)19(20)21;13-12(14,15)6-1-2-8(7(5-6)16(19)20)21-9-3-4-22-10(9)11(17)18;1-2-14-10-6-3-9(4-7-10)5-8-11(12)13;1-6(10(13)14)5-7-8(11)3-2-4-9(7)12/h2-11H,12H2,1H3,(H,20,21);1-5H,(H,17,18);3-4,6-7H,2,5,8H2,1H3,(H,12,13);2-5H,1H3,(H,13,14). The minimum atomic E-state index is -4.74. The number of thiophene rings is 1. The Bertz CT molecular complexity index is 3050. The van der Waals surface area contributed by atoms with Gasteiger partial charge in [-0.15, -0.1) is 11.3 Å². The molecule has 0 saturated heterocycles. The van der Waals surface area contributed by atoms with Crippen molar-refractivity contribution in [2.45, 2.75) is 39.3 Å². The summed E-state index contributed by atoms with van der Waals surface area (Å²) in [5, 5.41) is 50.7. The van der Waals surface area contributed by atoms with Crippen LogP contribution < -0.4 is 14.2 Å². The lowest BCUT2D eigenvalue weighted by molar-refractivity contribution is -0.385. The maximum atomic E-state index is 12.6. The second-order valence-corrected chi connectivity index (χ2v) is 16.5. The highest BCUT2D eigenvalue weighted by Gasteiger charge is 2.34. The van der Waals surface area contributed by atoms with Crippen molar-refractivity contribution in [1.29, 1.82) is 0 Å². The molecule has 0 bridgehead atoms. The van der Waals surface area contributed by atoms with E-state index < -0.39 is 52.0 Å². The van der Waals surface area contributed by atoms with Crippen LogP contribution in [-0.4, -0.2) is 62.9 Å². The van der Waals surface area contributed by atoms with E-state index in [0.29, 0.717) is 52.8 Å². The molecule has 0 aliphatic carbocycles. The van der Waals surface area contributed by atoms with E-state index >= 15 is 0 Å². The lowest BCUT2D eigenvalue weighted by atomic mass is 9.95. The molecule has 0 amide bonds. The number of aryl methyl sites for hydroxylation is 1. The zero-order valence-corrected chi connectivity index (χ0v) is 40.6. The third-order valence-electron chi connectivity index (χ3n) is 9.91. The molecule has 376 valence electrons. The molecule has 7 aromatic rings. The number of methoxy groups -OCH3 is 1. The molecule has 1 heterocycles. The van der Waals surface area contributed by atoms with Gasteiger partial charge in [-0.05, 0) is 115 Å². The number of hydrogen-bond acceptors (Lipinski definition) is 10. The van der Waals surface area contributed by atoms with E-state index in [2.05, 4.69) is 0 Å². The average molecular weight is 1050 g/mol. The van der Waals surface area contributed by atoms with Crippen LogP contribution in [0.25, 0.3) is 16.8 Å². The van der Waals surface area contributed by atoms with Crippen LogP contribution in [0.3, 0.4) is 0 Å². The van der Waals surface area contributed by atoms with Crippen LogP contribution in [0.5, 0.6) is 23.0 Å². The van der Waals surface area contributed by atoms with E-state index in [4.69, 9.17) is 52.7 Å². The molecular formula is C52H44Cl2F3NO13S. The van der Waals surface area contributed by atoms with Crippen molar-refractivity contribution in [3.8, 4) is 23.0 Å². The molecule has 0 spiro atoms. The fourth-order valence-corrected chi connectivity index (χ4v) is 7.59. The molecule has 7 rings (SSSR count). The second kappa shape index (κ2) is 26.9. The summed E-state index contributed by atoms with van der Waals surface area (Å²) in [5.74, 6) is -2.95. The molecule has 0 fully saturated rings. The summed E-state index contributed by atoms with van der Waals surface area (Å²) in [6.07, 6.45) is -1.96. The monoisotopic (exact) mass is 1050 g/mol. The fraction of sp³-hybridized carbons (Fsp3) is 0.154. The molecule has 14 nitrogen and oxygen atoms in total. The molecule has 72 heavy (non-hydrogen) atoms. The molecule has 20 heteroatoms. The maximum Gasteiger partial charge on any atom is 0.416 e. The summed E-state index contributed by atoms with van der Waals surface area (Å²) in [6, 6.07) is 34.6. The molecule has 1 aromatic heterocycles. The fourth-order valence-electron chi connectivity index (χ4n) is 6.43. The van der Waals surface area contributed by atoms with E-state index in [1.165, 1.54) is 24.4 Å². The number of nitrogens with zero attached hydrogens (tertiary/aromatic N) is 1. The quantitative estimate of drug-likeness (QED) is 0.0427. The maximum absolute atomic E-state index is 12.6. The van der Waals surface area contributed by atoms with E-state index in [-0.39, 0.29) is 22.6 Å². The van der Waals surface area contributed by atoms with Crippen LogP contribution in [0.1, 0.15) is 68.1 Å². The minimum absolute atomic E-state index is 0.175. The first-order valence-corrected chi connectivity index (χ1v) is 22.8. The van der Waals surface area contributed by atoms with Crippen molar-refractivity contribution in [2.75, 3.05) is 13.7 Å². The lowest BCUT2D eigenvalue weighted by Gasteiger charge is -2.12. The van der Waals surface area contributed by atoms with Crippen molar-refractivity contribution in [3.63, 3.8) is 0 Å². The number of benzene rings is 6. The van der Waals surface area contributed by atoms with Gasteiger partial charge in [0.2, 0.25) is 5.75 Å². The van der Waals surface area contributed by atoms with Crippen LogP contribution in [0.4, 0.5) is 18.9 Å². The Morgan fingerprint density at radius 3 is 1.94 bits per heavy atom. The number of ether oxygens (including phenoxy) is 3. The summed E-state index contributed by atoms with van der Waals surface area (Å²) < 4.78 is 53.5. The van der Waals surface area contributed by atoms with E-state index in [1.807, 2.05) is 79.7 Å². The number of hydrogen-bond donors (Lipinski definition) is 4. The van der Waals surface area contributed by atoms with Crippen molar-refractivity contribution < 1.29 is 71.9 Å². The number of nitro groups is 1. The number of carboxylic acids is 4. The number of aromatic carboxylic acids is 2. The SMILES string of the molecule is CC(=Cc1c(Cl)cccc1Cl)C(=O)O.CCOc1ccc(CCC(=O)O)cc1.COc1ccc(Cc2ccccc2C(=O)O)c2ccccc12.O=C(O)c1sccc1Oc1ccc(C(F)(F)F)cc1[N+](=O)[O-]. The molecule has 4 N–H and O–H groups in total. The molecule has 0 unspecified atom stereocenters. The number of rotatable bonds is 15. The number of carboxylic acid groups (broad SMARTS) is 4. The first-order chi connectivity index (χ1) is 34.1. The molecule has 0 atom stereocenters. The van der Waals surface area contributed by atoms with Crippen LogP contribution in [-0.2, 0) is 28.6 Å². The third-order valence-corrected chi connectivity index (χ3v) is 11.5. The van der Waals surface area contributed by atoms with Crippen molar-refractivity contribution in [2.24, 2.45) is 0 Å². The second-order valence-electron chi connectivity index (χ2n) is 14.8. The van der Waals surface area contributed by atoms with Crippen LogP contribution >= 0.6 is 34.5 Å². The van der Waals surface area contributed by atoms with Crippen LogP contribution in [0.2, 0.25) is 10.0 Å². The van der Waals surface area contributed by atoms with E-state index in [1.54, 1.807) is 37.4 Å². The van der Waals surface area contributed by atoms with Crippen molar-refractivity contribution >= 4 is 81.0 Å². The van der Waals surface area contributed by atoms with Gasteiger partial charge in [-0.2, -0.15) is 13.2 Å². The number of alkyl halides is 3. The topological polar surface area (TPSA) is 220 Å². The summed E-state index contributed by atoms with van der Waals surface area (Å²) in [6.45, 7) is 4.06. The van der Waals surface area contributed by atoms with Crippen molar-refractivity contribution in [1.82, 2.24) is 0 Å². The number of nitro benzene ring substituents is 1. The summed E-state index contributed by atoms with van der Waals surface area (Å²) in [7, 11) is 1.65. The third kappa shape index (κ3) is 16.6. The minimum Gasteiger partial charge on any atom is -0.496 e. The van der Waals surface area contributed by atoms with Gasteiger partial charge < -0.3 is 34.6 Å². The number of aliphatic carboxylic acids is 2. The van der Waals surface area contributed by atoms with Gasteiger partial charge in [0.1, 0.15) is 11.5 Å². The lowest BCUT2D eigenvalue weighted by Crippen LogP contribution is -2.06. The van der Waals surface area contributed by atoms with Gasteiger partial charge in [0, 0.05) is 39.1 Å². The Labute approximate surface area is 423 Å². The predicted octanol–water partition coefficient (Wildman–Crippen LogP) is 13.9.